The fraction of sp³-hybridized carbons (Fsp3) is 0.381. The molecule has 0 unspecified atom stereocenters. The molecule has 1 aliphatic rings. The largest absolute Gasteiger partial charge is 0.495 e. The number of hydrogen-bond acceptors (Lipinski definition) is 5. The number of ether oxygens (including phenoxy) is 1. The van der Waals surface area contributed by atoms with Gasteiger partial charge in [-0.05, 0) is 43.3 Å². The Hall–Kier alpha value is -2.93. The first-order valence-electron chi connectivity index (χ1n) is 9.79. The lowest BCUT2D eigenvalue weighted by Gasteiger charge is -2.36. The van der Waals surface area contributed by atoms with Crippen LogP contribution in [-0.4, -0.2) is 61.2 Å². The van der Waals surface area contributed by atoms with Crippen molar-refractivity contribution in [2.24, 2.45) is 0 Å². The molecule has 2 heterocycles. The lowest BCUT2D eigenvalue weighted by molar-refractivity contribution is 0.256. The van der Waals surface area contributed by atoms with Gasteiger partial charge in [0.1, 0.15) is 5.75 Å². The number of hydrogen-bond donors (Lipinski definition) is 3. The Morgan fingerprint density at radius 1 is 1.04 bits per heavy atom. The van der Waals surface area contributed by atoms with Crippen LogP contribution < -0.4 is 20.6 Å². The highest BCUT2D eigenvalue weighted by Crippen LogP contribution is 2.28. The van der Waals surface area contributed by atoms with Crippen molar-refractivity contribution in [1.82, 2.24) is 14.9 Å². The Kier molecular flexibility index (Phi) is 5.53. The normalized spacial score (nSPS) is 15.1. The Bertz CT molecular complexity index is 972. The van der Waals surface area contributed by atoms with E-state index >= 15 is 0 Å². The third-order valence-electron chi connectivity index (χ3n) is 5.29. The molecule has 4 rings (SSSR count). The molecule has 7 nitrogen and oxygen atoms in total. The van der Waals surface area contributed by atoms with E-state index in [0.29, 0.717) is 0 Å². The Balaban J connectivity index is 1.21. The topological polar surface area (TPSA) is 76.4 Å². The van der Waals surface area contributed by atoms with Crippen LogP contribution in [0.1, 0.15) is 6.42 Å². The molecule has 3 N–H and O–H groups in total. The maximum atomic E-state index is 11.3. The van der Waals surface area contributed by atoms with Crippen molar-refractivity contribution in [3.63, 3.8) is 0 Å². The summed E-state index contributed by atoms with van der Waals surface area (Å²) in [5, 5.41) is 3.45. The summed E-state index contributed by atoms with van der Waals surface area (Å²) < 4.78 is 5.49. The summed E-state index contributed by atoms with van der Waals surface area (Å²) in [6.45, 7) is 6.16. The molecule has 28 heavy (non-hydrogen) atoms. The van der Waals surface area contributed by atoms with Crippen molar-refractivity contribution in [3.05, 3.63) is 52.9 Å². The quantitative estimate of drug-likeness (QED) is 0.548. The van der Waals surface area contributed by atoms with Crippen LogP contribution in [0.2, 0.25) is 0 Å². The maximum Gasteiger partial charge on any atom is 0.323 e. The third kappa shape index (κ3) is 4.14. The monoisotopic (exact) mass is 381 g/mol. The zero-order chi connectivity index (χ0) is 19.3. The molecule has 1 fully saturated rings. The van der Waals surface area contributed by atoms with E-state index in [4.69, 9.17) is 4.74 Å². The molecule has 1 saturated heterocycles. The van der Waals surface area contributed by atoms with Crippen molar-refractivity contribution in [2.45, 2.75) is 6.42 Å². The highest BCUT2D eigenvalue weighted by atomic mass is 16.5. The number of fused-ring (bicyclic) bond motifs is 1. The minimum atomic E-state index is -0.167. The predicted molar refractivity (Wildman–Crippen MR) is 114 cm³/mol. The fourth-order valence-electron chi connectivity index (χ4n) is 3.78. The third-order valence-corrected chi connectivity index (χ3v) is 5.29. The number of piperazine rings is 1. The molecule has 1 aromatic heterocycles. The van der Waals surface area contributed by atoms with Crippen molar-refractivity contribution < 1.29 is 4.74 Å². The summed E-state index contributed by atoms with van der Waals surface area (Å²) in [6, 6.07) is 14.1. The van der Waals surface area contributed by atoms with E-state index in [9.17, 15) is 4.79 Å². The lowest BCUT2D eigenvalue weighted by Crippen LogP contribution is -2.46. The van der Waals surface area contributed by atoms with E-state index in [1.807, 2.05) is 30.3 Å². The molecule has 0 saturated carbocycles. The van der Waals surface area contributed by atoms with E-state index in [1.54, 1.807) is 7.11 Å². The first-order chi connectivity index (χ1) is 13.7. The SMILES string of the molecule is COc1ccccc1N1CCN(CCCNc2ccc3[nH]c(=O)[nH]c3c2)CC1. The summed E-state index contributed by atoms with van der Waals surface area (Å²) >= 11 is 0. The first-order valence-corrected chi connectivity index (χ1v) is 9.79. The number of H-pyrrole nitrogens is 2. The minimum absolute atomic E-state index is 0.167. The zero-order valence-electron chi connectivity index (χ0n) is 16.2. The van der Waals surface area contributed by atoms with Crippen LogP contribution in [0.15, 0.2) is 47.3 Å². The van der Waals surface area contributed by atoms with Gasteiger partial charge in [-0.3, -0.25) is 4.90 Å². The molecule has 3 aromatic rings. The van der Waals surface area contributed by atoms with Gasteiger partial charge >= 0.3 is 5.69 Å². The number of rotatable bonds is 7. The van der Waals surface area contributed by atoms with Crippen molar-refractivity contribution in [1.29, 1.82) is 0 Å². The number of aromatic amines is 2. The summed E-state index contributed by atoms with van der Waals surface area (Å²) in [6.07, 6.45) is 1.08. The van der Waals surface area contributed by atoms with Crippen molar-refractivity contribution >= 4 is 22.4 Å². The fourth-order valence-corrected chi connectivity index (χ4v) is 3.78. The molecule has 0 amide bonds. The van der Waals surface area contributed by atoms with Gasteiger partial charge in [0.05, 0.1) is 23.8 Å². The van der Waals surface area contributed by atoms with E-state index in [2.05, 4.69) is 37.2 Å². The van der Waals surface area contributed by atoms with Crippen LogP contribution in [0.5, 0.6) is 5.75 Å². The smallest absolute Gasteiger partial charge is 0.323 e. The van der Waals surface area contributed by atoms with E-state index < -0.39 is 0 Å². The van der Waals surface area contributed by atoms with Crippen LogP contribution in [0.4, 0.5) is 11.4 Å². The second kappa shape index (κ2) is 8.39. The van der Waals surface area contributed by atoms with Gasteiger partial charge in [0.2, 0.25) is 0 Å². The predicted octanol–water partition coefficient (Wildman–Crippen LogP) is 2.49. The molecule has 0 radical (unpaired) electrons. The average Bonchev–Trinajstić information content (AvgIpc) is 3.11. The average molecular weight is 381 g/mol. The van der Waals surface area contributed by atoms with Gasteiger partial charge in [-0.1, -0.05) is 12.1 Å². The van der Waals surface area contributed by atoms with Crippen LogP contribution in [-0.2, 0) is 0 Å². The highest BCUT2D eigenvalue weighted by molar-refractivity contribution is 5.78. The zero-order valence-corrected chi connectivity index (χ0v) is 16.2. The summed E-state index contributed by atoms with van der Waals surface area (Å²) in [4.78, 5) is 21.8. The van der Waals surface area contributed by atoms with Gasteiger partial charge in [0.25, 0.3) is 0 Å². The number of anilines is 2. The maximum absolute atomic E-state index is 11.3. The second-order valence-electron chi connectivity index (χ2n) is 7.12. The number of nitrogens with one attached hydrogen (secondary N) is 3. The highest BCUT2D eigenvalue weighted by Gasteiger charge is 2.18. The van der Waals surface area contributed by atoms with E-state index in [1.165, 1.54) is 5.69 Å². The Morgan fingerprint density at radius 2 is 1.82 bits per heavy atom. The molecule has 0 bridgehead atoms. The molecule has 2 aromatic carbocycles. The number of aromatic nitrogens is 2. The summed E-state index contributed by atoms with van der Waals surface area (Å²) in [5.41, 5.74) is 3.72. The second-order valence-corrected chi connectivity index (χ2v) is 7.12. The molecular weight excluding hydrogens is 354 g/mol. The Labute approximate surface area is 164 Å². The molecule has 0 atom stereocenters. The van der Waals surface area contributed by atoms with Crippen molar-refractivity contribution in [2.75, 3.05) is 56.6 Å². The van der Waals surface area contributed by atoms with Crippen LogP contribution in [0.3, 0.4) is 0 Å². The Morgan fingerprint density at radius 3 is 2.64 bits per heavy atom. The molecule has 0 aliphatic carbocycles. The number of para-hydroxylation sites is 2. The number of nitrogens with zero attached hydrogens (tertiary/aromatic N) is 2. The lowest BCUT2D eigenvalue weighted by atomic mass is 10.2. The van der Waals surface area contributed by atoms with Crippen LogP contribution >= 0.6 is 0 Å². The van der Waals surface area contributed by atoms with Gasteiger partial charge in [0.15, 0.2) is 0 Å². The first kappa shape index (κ1) is 18.4. The van der Waals surface area contributed by atoms with E-state index in [0.717, 1.165) is 68.2 Å². The molecule has 1 aliphatic heterocycles. The van der Waals surface area contributed by atoms with Crippen LogP contribution in [0.25, 0.3) is 11.0 Å². The molecule has 0 spiro atoms. The van der Waals surface area contributed by atoms with Gasteiger partial charge in [0, 0.05) is 38.4 Å². The van der Waals surface area contributed by atoms with Gasteiger partial charge < -0.3 is 24.9 Å². The summed E-state index contributed by atoms with van der Waals surface area (Å²) in [5.74, 6) is 0.945. The number of benzene rings is 2. The molecule has 148 valence electrons. The standard InChI is InChI=1S/C21H27N5O2/c1-28-20-6-3-2-5-19(20)26-13-11-25(12-14-26)10-4-9-22-16-7-8-17-18(15-16)24-21(27)23-17/h2-3,5-8,15,22H,4,9-14H2,1H3,(H2,23,24,27). The van der Waals surface area contributed by atoms with Gasteiger partial charge in [-0.15, -0.1) is 0 Å². The number of methoxy groups -OCH3 is 1. The van der Waals surface area contributed by atoms with Crippen LogP contribution in [0, 0.1) is 0 Å². The number of imidazole rings is 1. The van der Waals surface area contributed by atoms with Gasteiger partial charge in [-0.25, -0.2) is 4.79 Å². The van der Waals surface area contributed by atoms with E-state index in [-0.39, 0.29) is 5.69 Å². The minimum Gasteiger partial charge on any atom is -0.495 e. The van der Waals surface area contributed by atoms with Gasteiger partial charge in [-0.2, -0.15) is 0 Å². The van der Waals surface area contributed by atoms with Crippen molar-refractivity contribution in [3.8, 4) is 5.75 Å². The molecule has 7 heteroatoms. The molecular formula is C21H27N5O2. The summed E-state index contributed by atoms with van der Waals surface area (Å²) in [7, 11) is 1.73.